The molecule has 0 fully saturated rings. The molecule has 0 radical (unpaired) electrons. The summed E-state index contributed by atoms with van der Waals surface area (Å²) in [6.07, 6.45) is -5.06. The summed E-state index contributed by atoms with van der Waals surface area (Å²) in [6.45, 7) is 0. The number of para-hydroxylation sites is 2. The lowest BCUT2D eigenvalue weighted by atomic mass is 10.2. The molecule has 0 spiro atoms. The SMILES string of the molecule is N#Cc1ccccc1OS(=O)(=O)c1ccccc1OC(F)(F)F. The highest BCUT2D eigenvalue weighted by molar-refractivity contribution is 7.87. The molecule has 0 bridgehead atoms. The van der Waals surface area contributed by atoms with Crippen LogP contribution < -0.4 is 8.92 Å². The van der Waals surface area contributed by atoms with Crippen LogP contribution in [0.2, 0.25) is 0 Å². The molecule has 2 rings (SSSR count). The van der Waals surface area contributed by atoms with Crippen LogP contribution in [-0.2, 0) is 10.1 Å². The molecule has 9 heteroatoms. The molecule has 0 N–H and O–H groups in total. The molecule has 5 nitrogen and oxygen atoms in total. The molecule has 2 aromatic carbocycles. The summed E-state index contributed by atoms with van der Waals surface area (Å²) in [7, 11) is -4.63. The average Bonchev–Trinajstić information content (AvgIpc) is 2.46. The number of alkyl halides is 3. The van der Waals surface area contributed by atoms with Crippen molar-refractivity contribution in [2.45, 2.75) is 11.3 Å². The summed E-state index contributed by atoms with van der Waals surface area (Å²) in [6, 6.07) is 11.3. The summed E-state index contributed by atoms with van der Waals surface area (Å²) >= 11 is 0. The quantitative estimate of drug-likeness (QED) is 0.797. The van der Waals surface area contributed by atoms with E-state index in [0.717, 1.165) is 12.1 Å². The fourth-order valence-corrected chi connectivity index (χ4v) is 2.73. The molecule has 23 heavy (non-hydrogen) atoms. The predicted molar refractivity (Wildman–Crippen MR) is 72.1 cm³/mol. The van der Waals surface area contributed by atoms with Gasteiger partial charge >= 0.3 is 16.5 Å². The standard InChI is InChI=1S/C14H8F3NO4S/c15-14(16,17)21-12-7-3-4-8-13(12)23(19,20)22-11-6-2-1-5-10(11)9-18/h1-8H. The van der Waals surface area contributed by atoms with E-state index in [1.165, 1.54) is 36.4 Å². The van der Waals surface area contributed by atoms with E-state index in [0.29, 0.717) is 0 Å². The Hall–Kier alpha value is -2.73. The Morgan fingerprint density at radius 2 is 1.52 bits per heavy atom. The van der Waals surface area contributed by atoms with Gasteiger partial charge in [-0.05, 0) is 24.3 Å². The van der Waals surface area contributed by atoms with E-state index in [1.807, 2.05) is 0 Å². The van der Waals surface area contributed by atoms with Crippen molar-refractivity contribution in [1.29, 1.82) is 5.26 Å². The minimum Gasteiger partial charge on any atom is -0.404 e. The zero-order chi connectivity index (χ0) is 17.1. The highest BCUT2D eigenvalue weighted by Gasteiger charge is 2.34. The van der Waals surface area contributed by atoms with Crippen LogP contribution in [0.25, 0.3) is 0 Å². The van der Waals surface area contributed by atoms with Crippen LogP contribution >= 0.6 is 0 Å². The first-order valence-electron chi connectivity index (χ1n) is 6.01. The van der Waals surface area contributed by atoms with E-state index in [4.69, 9.17) is 9.44 Å². The van der Waals surface area contributed by atoms with Crippen molar-refractivity contribution in [1.82, 2.24) is 0 Å². The van der Waals surface area contributed by atoms with Crippen molar-refractivity contribution < 1.29 is 30.5 Å². The Morgan fingerprint density at radius 3 is 2.13 bits per heavy atom. The summed E-state index contributed by atoms with van der Waals surface area (Å²) in [5.41, 5.74) is -0.0784. The van der Waals surface area contributed by atoms with Crippen molar-refractivity contribution in [2.24, 2.45) is 0 Å². The lowest BCUT2D eigenvalue weighted by molar-refractivity contribution is -0.275. The first-order chi connectivity index (χ1) is 10.7. The Bertz CT molecular complexity index is 857. The molecule has 0 saturated heterocycles. The van der Waals surface area contributed by atoms with Crippen molar-refractivity contribution in [3.63, 3.8) is 0 Å². The summed E-state index contributed by atoms with van der Waals surface area (Å²) in [5.74, 6) is -1.22. The van der Waals surface area contributed by atoms with Gasteiger partial charge in [0.25, 0.3) is 0 Å². The fraction of sp³-hybridized carbons (Fsp3) is 0.0714. The molecule has 0 aliphatic heterocycles. The number of rotatable bonds is 4. The van der Waals surface area contributed by atoms with Gasteiger partial charge < -0.3 is 8.92 Å². The number of ether oxygens (including phenoxy) is 1. The monoisotopic (exact) mass is 343 g/mol. The van der Waals surface area contributed by atoms with E-state index in [2.05, 4.69) is 4.74 Å². The largest absolute Gasteiger partial charge is 0.573 e. The van der Waals surface area contributed by atoms with Crippen molar-refractivity contribution in [3.05, 3.63) is 54.1 Å². The van der Waals surface area contributed by atoms with Gasteiger partial charge in [-0.25, -0.2) is 0 Å². The molecule has 0 amide bonds. The molecular weight excluding hydrogens is 335 g/mol. The van der Waals surface area contributed by atoms with E-state index in [9.17, 15) is 21.6 Å². The van der Waals surface area contributed by atoms with Crippen LogP contribution in [0.5, 0.6) is 11.5 Å². The normalized spacial score (nSPS) is 11.6. The number of nitrogens with zero attached hydrogens (tertiary/aromatic N) is 1. The Balaban J connectivity index is 2.43. The van der Waals surface area contributed by atoms with Crippen LogP contribution in [0.15, 0.2) is 53.4 Å². The molecule has 0 aliphatic rings. The van der Waals surface area contributed by atoms with Crippen LogP contribution in [-0.4, -0.2) is 14.8 Å². The first-order valence-corrected chi connectivity index (χ1v) is 7.42. The lowest BCUT2D eigenvalue weighted by Crippen LogP contribution is -2.20. The number of hydrogen-bond donors (Lipinski definition) is 0. The van der Waals surface area contributed by atoms with Gasteiger partial charge in [-0.2, -0.15) is 13.7 Å². The van der Waals surface area contributed by atoms with Crippen LogP contribution in [0.1, 0.15) is 5.56 Å². The van der Waals surface area contributed by atoms with Crippen LogP contribution in [0.3, 0.4) is 0 Å². The van der Waals surface area contributed by atoms with Crippen LogP contribution in [0, 0.1) is 11.3 Å². The molecule has 0 unspecified atom stereocenters. The van der Waals surface area contributed by atoms with Gasteiger partial charge in [0.2, 0.25) is 0 Å². The third-order valence-electron chi connectivity index (χ3n) is 2.55. The number of hydrogen-bond acceptors (Lipinski definition) is 5. The smallest absolute Gasteiger partial charge is 0.404 e. The molecule has 2 aromatic rings. The molecular formula is C14H8F3NO4S. The molecule has 0 atom stereocenters. The molecule has 0 aliphatic carbocycles. The van der Waals surface area contributed by atoms with Crippen molar-refractivity contribution in [2.75, 3.05) is 0 Å². The van der Waals surface area contributed by atoms with Gasteiger partial charge in [0.1, 0.15) is 11.0 Å². The summed E-state index contributed by atoms with van der Waals surface area (Å²) < 4.78 is 69.9. The van der Waals surface area contributed by atoms with Gasteiger partial charge in [0.05, 0.1) is 5.56 Å². The number of benzene rings is 2. The van der Waals surface area contributed by atoms with Gasteiger partial charge in [-0.1, -0.05) is 24.3 Å². The second kappa shape index (κ2) is 6.18. The van der Waals surface area contributed by atoms with Gasteiger partial charge in [0.15, 0.2) is 11.5 Å². The van der Waals surface area contributed by atoms with E-state index in [-0.39, 0.29) is 11.3 Å². The van der Waals surface area contributed by atoms with E-state index < -0.39 is 27.1 Å². The highest BCUT2D eigenvalue weighted by Crippen LogP contribution is 2.31. The maximum Gasteiger partial charge on any atom is 0.573 e. The third kappa shape index (κ3) is 4.14. The third-order valence-corrected chi connectivity index (χ3v) is 3.83. The average molecular weight is 343 g/mol. The molecule has 0 aromatic heterocycles. The van der Waals surface area contributed by atoms with E-state index in [1.54, 1.807) is 6.07 Å². The number of nitriles is 1. The zero-order valence-electron chi connectivity index (χ0n) is 11.2. The first kappa shape index (κ1) is 16.6. The Kier molecular flexibility index (Phi) is 4.47. The number of halogens is 3. The Labute approximate surface area is 129 Å². The summed E-state index contributed by atoms with van der Waals surface area (Å²) in [4.78, 5) is -0.801. The van der Waals surface area contributed by atoms with E-state index >= 15 is 0 Å². The lowest BCUT2D eigenvalue weighted by Gasteiger charge is -2.14. The van der Waals surface area contributed by atoms with Crippen molar-refractivity contribution in [3.8, 4) is 17.6 Å². The topological polar surface area (TPSA) is 76.4 Å². The molecule has 120 valence electrons. The zero-order valence-corrected chi connectivity index (χ0v) is 12.1. The minimum atomic E-state index is -5.06. The fourth-order valence-electron chi connectivity index (χ4n) is 1.66. The van der Waals surface area contributed by atoms with Crippen LogP contribution in [0.4, 0.5) is 13.2 Å². The van der Waals surface area contributed by atoms with Crippen molar-refractivity contribution >= 4 is 10.1 Å². The summed E-state index contributed by atoms with van der Waals surface area (Å²) in [5, 5.41) is 8.89. The van der Waals surface area contributed by atoms with Gasteiger partial charge in [-0.15, -0.1) is 13.2 Å². The predicted octanol–water partition coefficient (Wildman–Crippen LogP) is 3.22. The maximum absolute atomic E-state index is 12.4. The second-order valence-corrected chi connectivity index (χ2v) is 5.65. The molecule has 0 heterocycles. The second-order valence-electron chi connectivity index (χ2n) is 4.14. The maximum atomic E-state index is 12.4. The minimum absolute atomic E-state index is 0.0784. The van der Waals surface area contributed by atoms with Gasteiger partial charge in [-0.3, -0.25) is 0 Å². The molecule has 0 saturated carbocycles. The highest BCUT2D eigenvalue weighted by atomic mass is 32.2. The Morgan fingerprint density at radius 1 is 0.957 bits per heavy atom. The van der Waals surface area contributed by atoms with Gasteiger partial charge in [0, 0.05) is 0 Å².